The van der Waals surface area contributed by atoms with Crippen molar-refractivity contribution < 1.29 is 5.11 Å². The van der Waals surface area contributed by atoms with Crippen LogP contribution in [-0.2, 0) is 0 Å². The van der Waals surface area contributed by atoms with E-state index in [1.807, 2.05) is 31.2 Å². The summed E-state index contributed by atoms with van der Waals surface area (Å²) in [5, 5.41) is 14.5. The average Bonchev–Trinajstić information content (AvgIpc) is 2.34. The zero-order chi connectivity index (χ0) is 13.5. The van der Waals surface area contributed by atoms with Gasteiger partial charge in [-0.15, -0.1) is 0 Å². The second-order valence-corrected chi connectivity index (χ2v) is 5.52. The molecule has 3 rings (SSSR count). The molecular formula is C15H19N3O. The number of aryl methyl sites for hydroxylation is 1. The summed E-state index contributed by atoms with van der Waals surface area (Å²) >= 11 is 0. The molecule has 1 aliphatic rings. The Balaban J connectivity index is 1.94. The molecule has 1 fully saturated rings. The maximum atomic E-state index is 10.2. The van der Waals surface area contributed by atoms with Crippen LogP contribution in [0.3, 0.4) is 0 Å². The Kier molecular flexibility index (Phi) is 2.82. The van der Waals surface area contributed by atoms with E-state index in [9.17, 15) is 5.11 Å². The van der Waals surface area contributed by atoms with Gasteiger partial charge >= 0.3 is 0 Å². The molecule has 1 aromatic heterocycles. The number of nitrogen functional groups attached to an aromatic ring is 1. The van der Waals surface area contributed by atoms with E-state index in [1.165, 1.54) is 0 Å². The lowest BCUT2D eigenvalue weighted by Gasteiger charge is -2.37. The smallest absolute Gasteiger partial charge is 0.0819 e. The molecule has 0 unspecified atom stereocenters. The Bertz CT molecular complexity index is 620. The normalized spacial score (nSPS) is 17.2. The van der Waals surface area contributed by atoms with Gasteiger partial charge in [-0.3, -0.25) is 4.98 Å². The van der Waals surface area contributed by atoms with Gasteiger partial charge in [0, 0.05) is 29.0 Å². The van der Waals surface area contributed by atoms with E-state index in [2.05, 4.69) is 10.3 Å². The van der Waals surface area contributed by atoms with Crippen molar-refractivity contribution in [3.8, 4) is 0 Å². The molecule has 19 heavy (non-hydrogen) atoms. The highest BCUT2D eigenvalue weighted by Gasteiger charge is 2.34. The zero-order valence-corrected chi connectivity index (χ0v) is 11.1. The van der Waals surface area contributed by atoms with Gasteiger partial charge in [0.25, 0.3) is 0 Å². The zero-order valence-electron chi connectivity index (χ0n) is 11.1. The number of hydrogen-bond donors (Lipinski definition) is 3. The predicted octanol–water partition coefficient (Wildman–Crippen LogP) is 2.45. The fourth-order valence-electron chi connectivity index (χ4n) is 2.54. The Labute approximate surface area is 112 Å². The minimum Gasteiger partial charge on any atom is -0.399 e. The summed E-state index contributed by atoms with van der Waals surface area (Å²) in [6.07, 6.45) is 2.87. The minimum atomic E-state index is -0.538. The molecule has 0 amide bonds. The molecule has 0 aliphatic heterocycles. The summed E-state index contributed by atoms with van der Waals surface area (Å²) in [6.45, 7) is 2.55. The first kappa shape index (κ1) is 12.2. The number of aliphatic hydroxyl groups is 1. The fourth-order valence-corrected chi connectivity index (χ4v) is 2.54. The van der Waals surface area contributed by atoms with Crippen molar-refractivity contribution in [2.24, 2.45) is 0 Å². The highest BCUT2D eigenvalue weighted by atomic mass is 16.3. The maximum absolute atomic E-state index is 10.2. The van der Waals surface area contributed by atoms with Crippen molar-refractivity contribution >= 4 is 22.3 Å². The summed E-state index contributed by atoms with van der Waals surface area (Å²) in [5.41, 5.74) is 8.92. The molecular weight excluding hydrogens is 238 g/mol. The largest absolute Gasteiger partial charge is 0.399 e. The topological polar surface area (TPSA) is 71.2 Å². The van der Waals surface area contributed by atoms with E-state index in [4.69, 9.17) is 5.73 Å². The molecule has 0 saturated heterocycles. The first-order chi connectivity index (χ1) is 9.06. The van der Waals surface area contributed by atoms with Gasteiger partial charge < -0.3 is 16.2 Å². The van der Waals surface area contributed by atoms with Crippen molar-refractivity contribution in [1.82, 2.24) is 4.98 Å². The Morgan fingerprint density at radius 2 is 2.16 bits per heavy atom. The summed E-state index contributed by atoms with van der Waals surface area (Å²) in [5.74, 6) is 0. The summed E-state index contributed by atoms with van der Waals surface area (Å²) in [6, 6.07) is 7.72. The van der Waals surface area contributed by atoms with Crippen LogP contribution >= 0.6 is 0 Å². The van der Waals surface area contributed by atoms with Gasteiger partial charge in [0.2, 0.25) is 0 Å². The second kappa shape index (κ2) is 4.38. The quantitative estimate of drug-likeness (QED) is 0.739. The van der Waals surface area contributed by atoms with Crippen LogP contribution in [0, 0.1) is 6.92 Å². The van der Waals surface area contributed by atoms with E-state index in [0.717, 1.165) is 47.2 Å². The molecule has 1 heterocycles. The molecule has 0 spiro atoms. The van der Waals surface area contributed by atoms with E-state index >= 15 is 0 Å². The van der Waals surface area contributed by atoms with Crippen molar-refractivity contribution in [3.63, 3.8) is 0 Å². The lowest BCUT2D eigenvalue weighted by molar-refractivity contribution is -0.0201. The molecule has 2 aromatic rings. The van der Waals surface area contributed by atoms with Crippen LogP contribution in [0.1, 0.15) is 25.0 Å². The van der Waals surface area contributed by atoms with Gasteiger partial charge in [-0.2, -0.15) is 0 Å². The van der Waals surface area contributed by atoms with E-state index < -0.39 is 5.60 Å². The molecule has 1 aromatic carbocycles. The second-order valence-electron chi connectivity index (χ2n) is 5.52. The highest BCUT2D eigenvalue weighted by molar-refractivity contribution is 5.93. The van der Waals surface area contributed by atoms with Crippen molar-refractivity contribution in [3.05, 3.63) is 30.0 Å². The van der Waals surface area contributed by atoms with Gasteiger partial charge in [-0.1, -0.05) is 0 Å². The van der Waals surface area contributed by atoms with Crippen molar-refractivity contribution in [2.45, 2.75) is 31.8 Å². The van der Waals surface area contributed by atoms with Crippen molar-refractivity contribution in [1.29, 1.82) is 0 Å². The SMILES string of the molecule is Cc1cc(NCC2(O)CCC2)c2cc(N)ccc2n1. The standard InChI is InChI=1S/C15H19N3O/c1-10-7-14(17-9-15(19)5-2-6-15)12-8-11(16)3-4-13(12)18-10/h3-4,7-8,19H,2,5-6,9,16H2,1H3,(H,17,18). The molecule has 4 nitrogen and oxygen atoms in total. The number of nitrogens with two attached hydrogens (primary N) is 1. The third-order valence-electron chi connectivity index (χ3n) is 3.85. The lowest BCUT2D eigenvalue weighted by Crippen LogP contribution is -2.43. The van der Waals surface area contributed by atoms with Crippen molar-refractivity contribution in [2.75, 3.05) is 17.6 Å². The number of hydrogen-bond acceptors (Lipinski definition) is 4. The third-order valence-corrected chi connectivity index (χ3v) is 3.85. The van der Waals surface area contributed by atoms with Crippen LogP contribution < -0.4 is 11.1 Å². The number of fused-ring (bicyclic) bond motifs is 1. The number of benzene rings is 1. The summed E-state index contributed by atoms with van der Waals surface area (Å²) in [4.78, 5) is 4.50. The molecule has 0 bridgehead atoms. The van der Waals surface area contributed by atoms with Crippen LogP contribution in [0.25, 0.3) is 10.9 Å². The van der Waals surface area contributed by atoms with Crippen LogP contribution in [0.15, 0.2) is 24.3 Å². The van der Waals surface area contributed by atoms with E-state index in [-0.39, 0.29) is 0 Å². The third kappa shape index (κ3) is 2.36. The molecule has 100 valence electrons. The van der Waals surface area contributed by atoms with Gasteiger partial charge in [0.1, 0.15) is 0 Å². The Morgan fingerprint density at radius 3 is 2.84 bits per heavy atom. The maximum Gasteiger partial charge on any atom is 0.0819 e. The molecule has 4 N–H and O–H groups in total. The Morgan fingerprint density at radius 1 is 1.37 bits per heavy atom. The average molecular weight is 257 g/mol. The monoisotopic (exact) mass is 257 g/mol. The lowest BCUT2D eigenvalue weighted by atomic mass is 9.80. The first-order valence-electron chi connectivity index (χ1n) is 6.69. The molecule has 4 heteroatoms. The van der Waals surface area contributed by atoms with E-state index in [0.29, 0.717) is 6.54 Å². The predicted molar refractivity (Wildman–Crippen MR) is 78.2 cm³/mol. The van der Waals surface area contributed by atoms with Crippen LogP contribution in [0.2, 0.25) is 0 Å². The number of nitrogens with one attached hydrogen (secondary N) is 1. The van der Waals surface area contributed by atoms with Crippen LogP contribution in [-0.4, -0.2) is 22.2 Å². The first-order valence-corrected chi connectivity index (χ1v) is 6.69. The highest BCUT2D eigenvalue weighted by Crippen LogP contribution is 2.33. The summed E-state index contributed by atoms with van der Waals surface area (Å²) < 4.78 is 0. The minimum absolute atomic E-state index is 0.538. The number of rotatable bonds is 3. The fraction of sp³-hybridized carbons (Fsp3) is 0.400. The van der Waals surface area contributed by atoms with E-state index in [1.54, 1.807) is 0 Å². The molecule has 1 saturated carbocycles. The number of aromatic nitrogens is 1. The van der Waals surface area contributed by atoms with Gasteiger partial charge in [0.05, 0.1) is 11.1 Å². The Hall–Kier alpha value is -1.81. The molecule has 0 radical (unpaired) electrons. The van der Waals surface area contributed by atoms with Crippen LogP contribution in [0.5, 0.6) is 0 Å². The number of nitrogens with zero attached hydrogens (tertiary/aromatic N) is 1. The van der Waals surface area contributed by atoms with Gasteiger partial charge in [-0.05, 0) is 50.5 Å². The molecule has 0 atom stereocenters. The summed E-state index contributed by atoms with van der Waals surface area (Å²) in [7, 11) is 0. The van der Waals surface area contributed by atoms with Gasteiger partial charge in [-0.25, -0.2) is 0 Å². The molecule has 1 aliphatic carbocycles. The number of pyridine rings is 1. The van der Waals surface area contributed by atoms with Crippen LogP contribution in [0.4, 0.5) is 11.4 Å². The van der Waals surface area contributed by atoms with Gasteiger partial charge in [0.15, 0.2) is 0 Å². The number of anilines is 2.